The predicted octanol–water partition coefficient (Wildman–Crippen LogP) is 2.49. The Balaban J connectivity index is 1.35. The van der Waals surface area contributed by atoms with Crippen LogP contribution in [0.4, 0.5) is 4.39 Å². The Labute approximate surface area is 171 Å². The van der Waals surface area contributed by atoms with Crippen molar-refractivity contribution in [2.24, 2.45) is 0 Å². The van der Waals surface area contributed by atoms with Crippen LogP contribution in [0.15, 0.2) is 58.5 Å². The fraction of sp³-hybridized carbons (Fsp3) is 0.300. The van der Waals surface area contributed by atoms with Crippen molar-refractivity contribution in [3.63, 3.8) is 0 Å². The highest BCUT2D eigenvalue weighted by atomic mass is 32.2. The Kier molecular flexibility index (Phi) is 5.75. The van der Waals surface area contributed by atoms with Crippen LogP contribution in [0.25, 0.3) is 11.4 Å². The molecule has 1 fully saturated rings. The van der Waals surface area contributed by atoms with E-state index in [1.165, 1.54) is 28.6 Å². The summed E-state index contributed by atoms with van der Waals surface area (Å²) in [5.74, 6) is 0.378. The molecule has 1 aliphatic rings. The van der Waals surface area contributed by atoms with Gasteiger partial charge < -0.3 is 5.32 Å². The van der Waals surface area contributed by atoms with Crippen molar-refractivity contribution >= 4 is 17.7 Å². The number of nitrogens with one attached hydrogen (secondary N) is 1. The van der Waals surface area contributed by atoms with E-state index >= 15 is 0 Å². The monoisotopic (exact) mass is 413 g/mol. The SMILES string of the molecule is O=C(CSc1ccc(F)cc1)NCCn1nc(-c2cccnc2)n(C2CC2)c1=O. The van der Waals surface area contributed by atoms with Crippen LogP contribution in [-0.4, -0.2) is 37.5 Å². The average molecular weight is 413 g/mol. The number of thioether (sulfide) groups is 1. The van der Waals surface area contributed by atoms with Gasteiger partial charge in [0.25, 0.3) is 0 Å². The molecule has 0 radical (unpaired) electrons. The number of carbonyl (C=O) groups excluding carboxylic acids is 1. The minimum absolute atomic E-state index is 0.151. The average Bonchev–Trinajstić information content (AvgIpc) is 3.52. The topological polar surface area (TPSA) is 81.8 Å². The number of halogens is 1. The molecule has 0 unspecified atom stereocenters. The van der Waals surface area contributed by atoms with Crippen molar-refractivity contribution < 1.29 is 9.18 Å². The van der Waals surface area contributed by atoms with Gasteiger partial charge in [0.1, 0.15) is 5.82 Å². The van der Waals surface area contributed by atoms with Crippen LogP contribution in [0, 0.1) is 5.82 Å². The lowest BCUT2D eigenvalue weighted by atomic mass is 10.3. The second-order valence-corrected chi connectivity index (χ2v) is 7.81. The fourth-order valence-electron chi connectivity index (χ4n) is 2.95. The van der Waals surface area contributed by atoms with Crippen LogP contribution in [0.3, 0.4) is 0 Å². The number of hydrogen-bond acceptors (Lipinski definition) is 5. The van der Waals surface area contributed by atoms with E-state index in [-0.39, 0.29) is 29.2 Å². The molecule has 150 valence electrons. The Morgan fingerprint density at radius 1 is 1.24 bits per heavy atom. The van der Waals surface area contributed by atoms with Crippen LogP contribution in [0.2, 0.25) is 0 Å². The molecule has 7 nitrogen and oxygen atoms in total. The first-order chi connectivity index (χ1) is 14.1. The van der Waals surface area contributed by atoms with Crippen molar-refractivity contribution in [1.82, 2.24) is 24.6 Å². The number of aromatic nitrogens is 4. The number of amides is 1. The van der Waals surface area contributed by atoms with Gasteiger partial charge in [-0.25, -0.2) is 13.9 Å². The summed E-state index contributed by atoms with van der Waals surface area (Å²) >= 11 is 1.33. The number of pyridine rings is 1. The third kappa shape index (κ3) is 4.73. The second-order valence-electron chi connectivity index (χ2n) is 6.76. The minimum atomic E-state index is -0.305. The zero-order valence-corrected chi connectivity index (χ0v) is 16.4. The maximum atomic E-state index is 12.9. The lowest BCUT2D eigenvalue weighted by Crippen LogP contribution is -2.32. The number of carbonyl (C=O) groups is 1. The molecule has 0 spiro atoms. The highest BCUT2D eigenvalue weighted by molar-refractivity contribution is 8.00. The van der Waals surface area contributed by atoms with Crippen LogP contribution < -0.4 is 11.0 Å². The van der Waals surface area contributed by atoms with Gasteiger partial charge >= 0.3 is 5.69 Å². The summed E-state index contributed by atoms with van der Waals surface area (Å²) in [6.45, 7) is 0.593. The molecule has 29 heavy (non-hydrogen) atoms. The molecule has 1 amide bonds. The zero-order chi connectivity index (χ0) is 20.2. The van der Waals surface area contributed by atoms with Crippen LogP contribution >= 0.6 is 11.8 Å². The molecule has 0 bridgehead atoms. The molecule has 3 aromatic rings. The van der Waals surface area contributed by atoms with E-state index in [1.54, 1.807) is 29.1 Å². The molecule has 1 aromatic carbocycles. The number of rotatable bonds is 8. The standard InChI is InChI=1S/C20H20FN5O2S/c21-15-3-7-17(8-4-15)29-13-18(27)23-10-11-25-20(28)26(16-5-6-16)19(24-25)14-2-1-9-22-12-14/h1-4,7-9,12,16H,5-6,10-11,13H2,(H,23,27). The predicted molar refractivity (Wildman–Crippen MR) is 108 cm³/mol. The van der Waals surface area contributed by atoms with Crippen LogP contribution in [0.1, 0.15) is 18.9 Å². The van der Waals surface area contributed by atoms with Crippen molar-refractivity contribution in [3.8, 4) is 11.4 Å². The summed E-state index contributed by atoms with van der Waals surface area (Å²) < 4.78 is 16.0. The summed E-state index contributed by atoms with van der Waals surface area (Å²) in [6.07, 6.45) is 5.31. The molecule has 2 aromatic heterocycles. The molecule has 0 saturated heterocycles. The van der Waals surface area contributed by atoms with Gasteiger partial charge in [0, 0.05) is 35.4 Å². The molecule has 1 saturated carbocycles. The third-order valence-electron chi connectivity index (χ3n) is 4.53. The normalized spacial score (nSPS) is 13.4. The van der Waals surface area contributed by atoms with E-state index in [1.807, 2.05) is 12.1 Å². The molecular weight excluding hydrogens is 393 g/mol. The van der Waals surface area contributed by atoms with Gasteiger partial charge in [-0.3, -0.25) is 14.3 Å². The van der Waals surface area contributed by atoms with Gasteiger partial charge in [-0.2, -0.15) is 0 Å². The maximum Gasteiger partial charge on any atom is 0.346 e. The molecule has 1 aliphatic carbocycles. The van der Waals surface area contributed by atoms with Gasteiger partial charge in [-0.05, 0) is 49.2 Å². The van der Waals surface area contributed by atoms with E-state index in [9.17, 15) is 14.0 Å². The Morgan fingerprint density at radius 2 is 2.03 bits per heavy atom. The summed E-state index contributed by atoms with van der Waals surface area (Å²) in [4.78, 5) is 29.7. The molecular formula is C20H20FN5O2S. The first-order valence-electron chi connectivity index (χ1n) is 9.36. The first-order valence-corrected chi connectivity index (χ1v) is 10.3. The molecule has 2 heterocycles. The van der Waals surface area contributed by atoms with Gasteiger partial charge in [-0.15, -0.1) is 16.9 Å². The molecule has 9 heteroatoms. The van der Waals surface area contributed by atoms with E-state index in [4.69, 9.17) is 0 Å². The summed E-state index contributed by atoms with van der Waals surface area (Å²) in [5, 5.41) is 7.27. The van der Waals surface area contributed by atoms with E-state index < -0.39 is 0 Å². The first kappa shape index (κ1) is 19.4. The largest absolute Gasteiger partial charge is 0.354 e. The maximum absolute atomic E-state index is 12.9. The molecule has 1 N–H and O–H groups in total. The lowest BCUT2D eigenvalue weighted by Gasteiger charge is -2.05. The smallest absolute Gasteiger partial charge is 0.346 e. The van der Waals surface area contributed by atoms with Crippen molar-refractivity contribution in [1.29, 1.82) is 0 Å². The Morgan fingerprint density at radius 3 is 2.72 bits per heavy atom. The van der Waals surface area contributed by atoms with Crippen molar-refractivity contribution in [3.05, 3.63) is 65.1 Å². The van der Waals surface area contributed by atoms with E-state index in [0.29, 0.717) is 18.9 Å². The van der Waals surface area contributed by atoms with Gasteiger partial charge in [0.2, 0.25) is 5.91 Å². The highest BCUT2D eigenvalue weighted by Crippen LogP contribution is 2.36. The molecule has 4 rings (SSSR count). The van der Waals surface area contributed by atoms with E-state index in [0.717, 1.165) is 23.3 Å². The quantitative estimate of drug-likeness (QED) is 0.574. The zero-order valence-electron chi connectivity index (χ0n) is 15.6. The fourth-order valence-corrected chi connectivity index (χ4v) is 3.68. The summed E-state index contributed by atoms with van der Waals surface area (Å²) in [5.41, 5.74) is 0.635. The highest BCUT2D eigenvalue weighted by Gasteiger charge is 2.30. The molecule has 0 aliphatic heterocycles. The molecule has 0 atom stereocenters. The van der Waals surface area contributed by atoms with Crippen molar-refractivity contribution in [2.45, 2.75) is 30.3 Å². The lowest BCUT2D eigenvalue weighted by molar-refractivity contribution is -0.118. The van der Waals surface area contributed by atoms with Gasteiger partial charge in [0.05, 0.1) is 12.3 Å². The number of nitrogens with zero attached hydrogens (tertiary/aromatic N) is 4. The number of benzene rings is 1. The van der Waals surface area contributed by atoms with Crippen LogP contribution in [0.5, 0.6) is 0 Å². The Bertz CT molecular complexity index is 1040. The van der Waals surface area contributed by atoms with E-state index in [2.05, 4.69) is 15.4 Å². The summed E-state index contributed by atoms with van der Waals surface area (Å²) in [7, 11) is 0. The van der Waals surface area contributed by atoms with Gasteiger partial charge in [0.15, 0.2) is 5.82 Å². The second kappa shape index (κ2) is 8.60. The minimum Gasteiger partial charge on any atom is -0.354 e. The summed E-state index contributed by atoms with van der Waals surface area (Å²) in [6, 6.07) is 9.88. The van der Waals surface area contributed by atoms with Crippen molar-refractivity contribution in [2.75, 3.05) is 12.3 Å². The Hall–Kier alpha value is -2.94. The third-order valence-corrected chi connectivity index (χ3v) is 5.54. The van der Waals surface area contributed by atoms with Gasteiger partial charge in [-0.1, -0.05) is 0 Å². The number of hydrogen-bond donors (Lipinski definition) is 1. The van der Waals surface area contributed by atoms with Crippen LogP contribution in [-0.2, 0) is 11.3 Å².